The molecule has 0 amide bonds. The van der Waals surface area contributed by atoms with Crippen LogP contribution in [0.5, 0.6) is 5.75 Å². The minimum atomic E-state index is -0.934. The number of aromatic carboxylic acids is 1. The van der Waals surface area contributed by atoms with Crippen molar-refractivity contribution >= 4 is 5.97 Å². The van der Waals surface area contributed by atoms with Crippen LogP contribution >= 0.6 is 0 Å². The Labute approximate surface area is 118 Å². The van der Waals surface area contributed by atoms with Crippen molar-refractivity contribution in [1.29, 1.82) is 0 Å². The van der Waals surface area contributed by atoms with E-state index in [-0.39, 0.29) is 5.56 Å². The van der Waals surface area contributed by atoms with Crippen LogP contribution in [0, 0.1) is 0 Å². The van der Waals surface area contributed by atoms with Crippen molar-refractivity contribution in [3.63, 3.8) is 0 Å². The van der Waals surface area contributed by atoms with E-state index in [9.17, 15) is 4.79 Å². The Kier molecular flexibility index (Phi) is 4.56. The van der Waals surface area contributed by atoms with Crippen LogP contribution in [0.1, 0.15) is 21.5 Å². The molecule has 3 heteroatoms. The van der Waals surface area contributed by atoms with E-state index in [1.54, 1.807) is 24.3 Å². The Hall–Kier alpha value is -2.55. The minimum Gasteiger partial charge on any atom is -0.489 e. The topological polar surface area (TPSA) is 46.5 Å². The molecule has 0 radical (unpaired) electrons. The maximum atomic E-state index is 11.1. The van der Waals surface area contributed by atoms with Gasteiger partial charge in [-0.05, 0) is 35.7 Å². The summed E-state index contributed by atoms with van der Waals surface area (Å²) in [5.41, 5.74) is 2.06. The number of hydrogen-bond acceptors (Lipinski definition) is 2. The van der Waals surface area contributed by atoms with Gasteiger partial charge >= 0.3 is 5.97 Å². The van der Waals surface area contributed by atoms with Crippen LogP contribution < -0.4 is 4.74 Å². The molecular weight excluding hydrogens is 252 g/mol. The van der Waals surface area contributed by atoms with E-state index in [1.807, 2.05) is 30.3 Å². The van der Waals surface area contributed by atoms with E-state index >= 15 is 0 Å². The number of benzene rings is 2. The fourth-order valence-corrected chi connectivity index (χ4v) is 1.93. The summed E-state index contributed by atoms with van der Waals surface area (Å²) in [6.45, 7) is 4.11. The zero-order valence-corrected chi connectivity index (χ0v) is 11.1. The number of rotatable bonds is 6. The van der Waals surface area contributed by atoms with Crippen LogP contribution in [0.15, 0.2) is 61.2 Å². The lowest BCUT2D eigenvalue weighted by Crippen LogP contribution is -2.03. The lowest BCUT2D eigenvalue weighted by molar-refractivity contribution is 0.0696. The molecule has 0 aliphatic carbocycles. The maximum Gasteiger partial charge on any atom is 0.335 e. The van der Waals surface area contributed by atoms with Crippen molar-refractivity contribution in [2.45, 2.75) is 13.0 Å². The Morgan fingerprint density at radius 2 is 1.95 bits per heavy atom. The average Bonchev–Trinajstić information content (AvgIpc) is 2.46. The third-order valence-electron chi connectivity index (χ3n) is 2.92. The highest BCUT2D eigenvalue weighted by Gasteiger charge is 2.10. The molecular formula is C17H16O3. The van der Waals surface area contributed by atoms with Gasteiger partial charge in [-0.2, -0.15) is 0 Å². The number of allylic oxidation sites excluding steroid dienone is 1. The molecule has 2 aromatic carbocycles. The Balaban J connectivity index is 2.14. The molecule has 0 saturated carbocycles. The number of carboxylic acids is 1. The molecule has 0 atom stereocenters. The summed E-state index contributed by atoms with van der Waals surface area (Å²) in [7, 11) is 0. The largest absolute Gasteiger partial charge is 0.489 e. The predicted molar refractivity (Wildman–Crippen MR) is 78.1 cm³/mol. The maximum absolute atomic E-state index is 11.1. The van der Waals surface area contributed by atoms with E-state index in [2.05, 4.69) is 6.58 Å². The molecule has 0 heterocycles. The molecule has 0 aromatic heterocycles. The standard InChI is InChI=1S/C17H16O3/c1-2-6-14-11-15(9-10-16(14)17(18)19)20-12-13-7-4-3-5-8-13/h2-5,7-11H,1,6,12H2,(H,18,19). The molecule has 0 fully saturated rings. The normalized spacial score (nSPS) is 10.0. The van der Waals surface area contributed by atoms with Gasteiger partial charge in [0.1, 0.15) is 12.4 Å². The summed E-state index contributed by atoms with van der Waals surface area (Å²) < 4.78 is 5.69. The Morgan fingerprint density at radius 1 is 1.20 bits per heavy atom. The minimum absolute atomic E-state index is 0.289. The van der Waals surface area contributed by atoms with Crippen LogP contribution in [0.3, 0.4) is 0 Å². The number of carboxylic acid groups (broad SMARTS) is 1. The van der Waals surface area contributed by atoms with E-state index in [0.717, 1.165) is 5.56 Å². The van der Waals surface area contributed by atoms with E-state index < -0.39 is 5.97 Å². The fraction of sp³-hybridized carbons (Fsp3) is 0.118. The highest BCUT2D eigenvalue weighted by molar-refractivity contribution is 5.89. The molecule has 0 saturated heterocycles. The van der Waals surface area contributed by atoms with Gasteiger partial charge in [0.25, 0.3) is 0 Å². The lowest BCUT2D eigenvalue weighted by atomic mass is 10.0. The molecule has 0 unspecified atom stereocenters. The van der Waals surface area contributed by atoms with Gasteiger partial charge in [-0.3, -0.25) is 0 Å². The quantitative estimate of drug-likeness (QED) is 0.813. The van der Waals surface area contributed by atoms with Crippen LogP contribution in [-0.4, -0.2) is 11.1 Å². The summed E-state index contributed by atoms with van der Waals surface area (Å²) in [4.78, 5) is 11.1. The van der Waals surface area contributed by atoms with Gasteiger partial charge in [-0.15, -0.1) is 6.58 Å². The summed E-state index contributed by atoms with van der Waals surface area (Å²) >= 11 is 0. The monoisotopic (exact) mass is 268 g/mol. The lowest BCUT2D eigenvalue weighted by Gasteiger charge is -2.09. The molecule has 2 aromatic rings. The molecule has 0 aliphatic rings. The van der Waals surface area contributed by atoms with Crippen LogP contribution in [-0.2, 0) is 13.0 Å². The van der Waals surface area contributed by atoms with Crippen molar-refractivity contribution in [1.82, 2.24) is 0 Å². The van der Waals surface area contributed by atoms with Crippen LogP contribution in [0.25, 0.3) is 0 Å². The zero-order chi connectivity index (χ0) is 14.4. The van der Waals surface area contributed by atoms with E-state index in [1.165, 1.54) is 0 Å². The van der Waals surface area contributed by atoms with Gasteiger partial charge in [0, 0.05) is 0 Å². The summed E-state index contributed by atoms with van der Waals surface area (Å²) in [6.07, 6.45) is 2.19. The fourth-order valence-electron chi connectivity index (χ4n) is 1.93. The van der Waals surface area contributed by atoms with E-state index in [4.69, 9.17) is 9.84 Å². The first-order valence-corrected chi connectivity index (χ1v) is 6.34. The highest BCUT2D eigenvalue weighted by Crippen LogP contribution is 2.20. The third-order valence-corrected chi connectivity index (χ3v) is 2.92. The van der Waals surface area contributed by atoms with Crippen molar-refractivity contribution < 1.29 is 14.6 Å². The molecule has 3 nitrogen and oxygen atoms in total. The summed E-state index contributed by atoms with van der Waals surface area (Å²) in [5, 5.41) is 9.12. The van der Waals surface area contributed by atoms with Gasteiger partial charge in [0.15, 0.2) is 0 Å². The van der Waals surface area contributed by atoms with Crippen molar-refractivity contribution in [2.24, 2.45) is 0 Å². The number of carbonyl (C=O) groups is 1. The van der Waals surface area contributed by atoms with E-state index in [0.29, 0.717) is 24.3 Å². The van der Waals surface area contributed by atoms with Crippen molar-refractivity contribution in [2.75, 3.05) is 0 Å². The first-order chi connectivity index (χ1) is 9.70. The van der Waals surface area contributed by atoms with Gasteiger partial charge < -0.3 is 9.84 Å². The first kappa shape index (κ1) is 13.9. The molecule has 20 heavy (non-hydrogen) atoms. The summed E-state index contributed by atoms with van der Waals surface area (Å²) in [6, 6.07) is 14.8. The van der Waals surface area contributed by atoms with Crippen molar-refractivity contribution in [3.8, 4) is 5.75 Å². The molecule has 0 spiro atoms. The Morgan fingerprint density at radius 3 is 2.60 bits per heavy atom. The molecule has 0 aliphatic heterocycles. The van der Waals surface area contributed by atoms with Gasteiger partial charge in [-0.25, -0.2) is 4.79 Å². The second-order valence-corrected chi connectivity index (χ2v) is 4.39. The van der Waals surface area contributed by atoms with Crippen LogP contribution in [0.4, 0.5) is 0 Å². The number of hydrogen-bond donors (Lipinski definition) is 1. The third kappa shape index (κ3) is 3.48. The van der Waals surface area contributed by atoms with Crippen LogP contribution in [0.2, 0.25) is 0 Å². The zero-order valence-electron chi connectivity index (χ0n) is 11.1. The summed E-state index contributed by atoms with van der Waals surface area (Å²) in [5.74, 6) is -0.271. The first-order valence-electron chi connectivity index (χ1n) is 6.34. The molecule has 102 valence electrons. The SMILES string of the molecule is C=CCc1cc(OCc2ccccc2)ccc1C(=O)O. The molecule has 0 bridgehead atoms. The van der Waals surface area contributed by atoms with Crippen molar-refractivity contribution in [3.05, 3.63) is 77.9 Å². The second-order valence-electron chi connectivity index (χ2n) is 4.39. The highest BCUT2D eigenvalue weighted by atomic mass is 16.5. The number of ether oxygens (including phenoxy) is 1. The van der Waals surface area contributed by atoms with Gasteiger partial charge in [-0.1, -0.05) is 36.4 Å². The predicted octanol–water partition coefficient (Wildman–Crippen LogP) is 3.69. The molecule has 2 rings (SSSR count). The van der Waals surface area contributed by atoms with Gasteiger partial charge in [0.2, 0.25) is 0 Å². The second kappa shape index (κ2) is 6.57. The average molecular weight is 268 g/mol. The Bertz CT molecular complexity index is 603. The van der Waals surface area contributed by atoms with Gasteiger partial charge in [0.05, 0.1) is 5.56 Å². The smallest absolute Gasteiger partial charge is 0.335 e. The molecule has 1 N–H and O–H groups in total.